The molecule has 0 saturated carbocycles. The Hall–Kier alpha value is -8.33. The quantitative estimate of drug-likeness (QED) is 0.0310. The van der Waals surface area contributed by atoms with Gasteiger partial charge in [0.2, 0.25) is 65.0 Å². The number of phenolic OH excluding ortho intramolecular Hbond substituents is 1. The molecule has 3 heterocycles. The highest BCUT2D eigenvalue weighted by Gasteiger charge is 2.41. The van der Waals surface area contributed by atoms with Crippen LogP contribution in [0, 0.1) is 5.92 Å². The molecule has 2 aromatic carbocycles. The van der Waals surface area contributed by atoms with Gasteiger partial charge in [0.05, 0.1) is 32.4 Å². The number of benzene rings is 2. The zero-order valence-electron chi connectivity index (χ0n) is 51.0. The number of carbonyl (C=O) groups is 12. The highest BCUT2D eigenvalue weighted by Crippen LogP contribution is 2.26. The second-order valence-electron chi connectivity index (χ2n) is 22.0. The molecule has 15 N–H and O–H groups in total. The third-order valence-corrected chi connectivity index (χ3v) is 16.8. The number of hydrogen-bond donors (Lipinski definition) is 15. The fourth-order valence-corrected chi connectivity index (χ4v) is 12.0. The lowest BCUT2D eigenvalue weighted by Crippen LogP contribution is -2.61. The van der Waals surface area contributed by atoms with Crippen LogP contribution in [0.5, 0.6) is 5.75 Å². The topological polar surface area (TPSA) is 425 Å². The Balaban J connectivity index is 1.44. The van der Waals surface area contributed by atoms with Gasteiger partial charge >= 0.3 is 5.97 Å². The number of rotatable bonds is 28. The number of carbonyl (C=O) groups excluding carboxylic acids is 11. The molecule has 0 bridgehead atoms. The number of aromatic amines is 1. The fraction of sp³-hybridized carbons (Fsp3) is 0.534. The minimum absolute atomic E-state index is 0.00343. The summed E-state index contributed by atoms with van der Waals surface area (Å²) in [6, 6.07) is 2.82. The molecule has 32 heteroatoms. The number of likely N-dealkylation sites (N-methyl/N-ethyl adjacent to an activating group) is 3. The minimum atomic E-state index is -1.79. The lowest BCUT2D eigenvalue weighted by Gasteiger charge is -2.31. The van der Waals surface area contributed by atoms with Crippen LogP contribution < -0.4 is 63.8 Å². The van der Waals surface area contributed by atoms with Gasteiger partial charge in [-0.3, -0.25) is 62.4 Å². The van der Waals surface area contributed by atoms with Crippen molar-refractivity contribution < 1.29 is 67.7 Å². The third-order valence-electron chi connectivity index (χ3n) is 14.4. The lowest BCUT2D eigenvalue weighted by molar-refractivity contribution is -0.142. The molecule has 1 aromatic heterocycles. The van der Waals surface area contributed by atoms with Gasteiger partial charge in [0.25, 0.3) is 0 Å². The molecule has 0 aliphatic carbocycles. The summed E-state index contributed by atoms with van der Waals surface area (Å²) in [5, 5.41) is 52.0. The Morgan fingerprint density at radius 2 is 1.33 bits per heavy atom. The number of amides is 11. The number of carboxylic acid groups (broad SMARTS) is 1. The normalized spacial score (nSPS) is 20.2. The maximum Gasteiger partial charge on any atom is 0.305 e. The first-order valence-corrected chi connectivity index (χ1v) is 32.0. The van der Waals surface area contributed by atoms with E-state index in [2.05, 4.69) is 73.8 Å². The summed E-state index contributed by atoms with van der Waals surface area (Å²) in [6.07, 6.45) is 1.64. The zero-order chi connectivity index (χ0) is 65.7. The molecular weight excluding hydrogens is 1210 g/mol. The number of fused-ring (bicyclic) bond motifs is 1. The smallest absolute Gasteiger partial charge is 0.305 e. The molecule has 90 heavy (non-hydrogen) atoms. The van der Waals surface area contributed by atoms with Crippen molar-refractivity contribution in [3.05, 3.63) is 83.9 Å². The number of hydrogen-bond acceptors (Lipinski definition) is 19. The minimum Gasteiger partial charge on any atom is -0.508 e. The van der Waals surface area contributed by atoms with Crippen LogP contribution in [-0.2, 0) is 76.8 Å². The van der Waals surface area contributed by atoms with E-state index >= 15 is 4.79 Å². The molecule has 2 fully saturated rings. The standard InChI is InChI=1S/C58H84N16O14S2/c1-34(2)22-39-52(82)71-44(51(81)61-5)31-89-90-32-45(58(88)74-19-9-12-46(74)57(87)70-41(24-36-13-15-38(75)16-14-36)54(84)69-43(26-50(79)80)56(86)67-39)72-55(85)42(25-37-27-62-33-65-37)68-53(83)40(23-35-10-7-6-8-11-35)66-48(77)29-63-47(76)28-64-49(78)30-73(20-17-59-3)21-18-60-4/h6-8,10-11,13-16,27,33-34,39-46,59-60,75H,9,12,17-26,28-32H2,1-5H3,(H,61,81)(H,62,65)(H,63,76)(H,64,78)(H,66,77)(H,67,86)(H,68,83)(H,69,84)(H,70,87)(H,71,82)(H,72,85)(H,79,80)/t39-,40-,41-,42-,43-,44-,45-,46-/m0/s1. The van der Waals surface area contributed by atoms with E-state index in [0.29, 0.717) is 43.0 Å². The van der Waals surface area contributed by atoms with Crippen LogP contribution in [0.15, 0.2) is 67.1 Å². The van der Waals surface area contributed by atoms with E-state index in [1.54, 1.807) is 58.3 Å². The summed E-state index contributed by atoms with van der Waals surface area (Å²) in [6.45, 7) is 4.96. The molecule has 2 aliphatic rings. The SMILES string of the molecule is CNCCN(CCNC)CC(=O)NCC(=O)NCC(=O)N[C@@H](Cc1ccccc1)C(=O)N[C@@H](Cc1cnc[nH]1)C(=O)N[C@H]1CSSC[C@@H](C(=O)NC)NC(=O)[C@H](CC(C)C)NC(=O)[C@H](CC(=O)O)NC(=O)[C@H](Cc2ccc(O)cc2)NC(=O)[C@@H]2CCCN2C1=O. The van der Waals surface area contributed by atoms with Crippen LogP contribution in [0.25, 0.3) is 0 Å². The molecule has 3 aromatic rings. The van der Waals surface area contributed by atoms with Crippen LogP contribution in [0.2, 0.25) is 0 Å². The molecule has 2 saturated heterocycles. The highest BCUT2D eigenvalue weighted by molar-refractivity contribution is 8.76. The summed E-state index contributed by atoms with van der Waals surface area (Å²) >= 11 is 0. The summed E-state index contributed by atoms with van der Waals surface area (Å²) in [4.78, 5) is 176. The van der Waals surface area contributed by atoms with E-state index in [4.69, 9.17) is 0 Å². The summed E-state index contributed by atoms with van der Waals surface area (Å²) < 4.78 is 0. The predicted molar refractivity (Wildman–Crippen MR) is 334 cm³/mol. The Kier molecular flexibility index (Phi) is 30.3. The van der Waals surface area contributed by atoms with Gasteiger partial charge in [-0.15, -0.1) is 0 Å². The van der Waals surface area contributed by atoms with Gasteiger partial charge in [0.15, 0.2) is 0 Å². The number of phenols is 1. The van der Waals surface area contributed by atoms with Crippen molar-refractivity contribution >= 4 is 92.5 Å². The van der Waals surface area contributed by atoms with Gasteiger partial charge in [-0.1, -0.05) is 77.9 Å². The van der Waals surface area contributed by atoms with Crippen LogP contribution in [0.1, 0.15) is 56.4 Å². The van der Waals surface area contributed by atoms with Crippen molar-refractivity contribution in [2.45, 2.75) is 107 Å². The van der Waals surface area contributed by atoms with E-state index in [9.17, 15) is 63.0 Å². The Morgan fingerprint density at radius 1 is 0.711 bits per heavy atom. The van der Waals surface area contributed by atoms with E-state index in [1.165, 1.54) is 48.7 Å². The van der Waals surface area contributed by atoms with Crippen molar-refractivity contribution in [1.29, 1.82) is 0 Å². The molecule has 2 aliphatic heterocycles. The molecule has 5 rings (SSSR count). The predicted octanol–water partition coefficient (Wildman–Crippen LogP) is -3.84. The van der Waals surface area contributed by atoms with Gasteiger partial charge < -0.3 is 83.9 Å². The van der Waals surface area contributed by atoms with Crippen LogP contribution in [0.4, 0.5) is 0 Å². The van der Waals surface area contributed by atoms with Gasteiger partial charge in [-0.05, 0) is 62.5 Å². The summed E-state index contributed by atoms with van der Waals surface area (Å²) in [5.41, 5.74) is 1.41. The maximum atomic E-state index is 15.1. The van der Waals surface area contributed by atoms with Gasteiger partial charge in [-0.25, -0.2) is 4.98 Å². The largest absolute Gasteiger partial charge is 0.508 e. The summed E-state index contributed by atoms with van der Waals surface area (Å²) in [5.74, 6) is -10.9. The van der Waals surface area contributed by atoms with E-state index in [1.807, 2.05) is 4.90 Å². The Morgan fingerprint density at radius 3 is 1.98 bits per heavy atom. The van der Waals surface area contributed by atoms with Crippen LogP contribution in [0.3, 0.4) is 0 Å². The van der Waals surface area contributed by atoms with E-state index in [-0.39, 0.29) is 74.8 Å². The Bertz CT molecular complexity index is 2900. The molecule has 492 valence electrons. The molecule has 0 radical (unpaired) electrons. The average molecular weight is 1290 g/mol. The number of aliphatic carboxylic acids is 1. The first kappa shape index (κ1) is 72.4. The van der Waals surface area contributed by atoms with Gasteiger partial charge in [0.1, 0.15) is 54.1 Å². The number of imidazole rings is 1. The molecule has 0 spiro atoms. The van der Waals surface area contributed by atoms with Crippen LogP contribution >= 0.6 is 21.6 Å². The first-order valence-electron chi connectivity index (χ1n) is 29.5. The van der Waals surface area contributed by atoms with Crippen molar-refractivity contribution in [1.82, 2.24) is 83.6 Å². The number of carboxylic acids is 1. The number of H-pyrrole nitrogens is 1. The first-order chi connectivity index (χ1) is 43.1. The molecular formula is C58H84N16O14S2. The van der Waals surface area contributed by atoms with Crippen molar-refractivity contribution in [2.24, 2.45) is 5.92 Å². The van der Waals surface area contributed by atoms with Crippen molar-refractivity contribution in [2.75, 3.05) is 85.0 Å². The summed E-state index contributed by atoms with van der Waals surface area (Å²) in [7, 11) is 6.99. The monoisotopic (exact) mass is 1290 g/mol. The van der Waals surface area contributed by atoms with E-state index < -0.39 is 139 Å². The molecule has 30 nitrogen and oxygen atoms in total. The van der Waals surface area contributed by atoms with Crippen molar-refractivity contribution in [3.63, 3.8) is 0 Å². The molecule has 11 amide bonds. The second-order valence-corrected chi connectivity index (χ2v) is 24.5. The van der Waals surface area contributed by atoms with Gasteiger partial charge in [-0.2, -0.15) is 0 Å². The number of aromatic nitrogens is 2. The van der Waals surface area contributed by atoms with Gasteiger partial charge in [0, 0.05) is 82.4 Å². The zero-order valence-corrected chi connectivity index (χ0v) is 52.7. The molecule has 0 unspecified atom stereocenters. The maximum absolute atomic E-state index is 15.1. The average Bonchev–Trinajstić information content (AvgIpc) is 1.77. The third kappa shape index (κ3) is 24.6. The highest BCUT2D eigenvalue weighted by atomic mass is 33.1. The second kappa shape index (κ2) is 37.6. The van der Waals surface area contributed by atoms with E-state index in [0.717, 1.165) is 21.6 Å². The molecule has 8 atom stereocenters. The number of aromatic hydroxyl groups is 1. The number of nitrogens with zero attached hydrogens (tertiary/aromatic N) is 3. The Labute approximate surface area is 529 Å². The van der Waals surface area contributed by atoms with Crippen LogP contribution in [-0.4, -0.2) is 234 Å². The lowest BCUT2D eigenvalue weighted by atomic mass is 10.0. The fourth-order valence-electron chi connectivity index (χ4n) is 9.68. The van der Waals surface area contributed by atoms with Crippen molar-refractivity contribution in [3.8, 4) is 5.75 Å². The number of nitrogens with one attached hydrogen (secondary N) is 13.